The van der Waals surface area contributed by atoms with E-state index >= 15 is 0 Å². The molecule has 1 fully saturated rings. The third kappa shape index (κ3) is 3.57. The number of amides is 1. The first-order chi connectivity index (χ1) is 11.3. The maximum absolute atomic E-state index is 12.9. The van der Waals surface area contributed by atoms with Gasteiger partial charge in [-0.2, -0.15) is 4.31 Å². The lowest BCUT2D eigenvalue weighted by molar-refractivity contribution is -0.132. The minimum Gasteiger partial charge on any atom is -0.496 e. The second-order valence-corrected chi connectivity index (χ2v) is 7.96. The van der Waals surface area contributed by atoms with E-state index in [1.54, 1.807) is 31.1 Å². The van der Waals surface area contributed by atoms with Gasteiger partial charge in [0.15, 0.2) is 0 Å². The largest absolute Gasteiger partial charge is 0.496 e. The van der Waals surface area contributed by atoms with Crippen molar-refractivity contribution in [3.05, 3.63) is 23.3 Å². The lowest BCUT2D eigenvalue weighted by Gasteiger charge is -2.34. The number of nitrogens with zero attached hydrogens (tertiary/aromatic N) is 2. The highest BCUT2D eigenvalue weighted by Crippen LogP contribution is 2.29. The Labute approximate surface area is 144 Å². The number of carbonyl (C=O) groups excluding carboxylic acids is 1. The van der Waals surface area contributed by atoms with Crippen molar-refractivity contribution in [2.24, 2.45) is 0 Å². The summed E-state index contributed by atoms with van der Waals surface area (Å²) >= 11 is 0. The molecule has 2 rings (SSSR count). The number of hydrogen-bond acceptors (Lipinski definition) is 4. The van der Waals surface area contributed by atoms with E-state index in [1.165, 1.54) is 4.31 Å². The molecule has 1 aliphatic rings. The lowest BCUT2D eigenvalue weighted by atomic mass is 10.1. The first-order valence-corrected chi connectivity index (χ1v) is 9.69. The van der Waals surface area contributed by atoms with E-state index in [0.29, 0.717) is 48.8 Å². The van der Waals surface area contributed by atoms with Gasteiger partial charge < -0.3 is 9.64 Å². The Morgan fingerprint density at radius 1 is 1.12 bits per heavy atom. The Morgan fingerprint density at radius 3 is 2.29 bits per heavy atom. The van der Waals surface area contributed by atoms with Crippen molar-refractivity contribution in [1.82, 2.24) is 9.21 Å². The van der Waals surface area contributed by atoms with E-state index in [2.05, 4.69) is 0 Å². The molecule has 0 radical (unpaired) electrons. The molecule has 134 valence electrons. The molecule has 0 spiro atoms. The zero-order valence-corrected chi connectivity index (χ0v) is 15.6. The van der Waals surface area contributed by atoms with Gasteiger partial charge in [-0.1, -0.05) is 6.92 Å². The zero-order valence-electron chi connectivity index (χ0n) is 14.8. The molecule has 0 atom stereocenters. The molecule has 1 heterocycles. The number of benzene rings is 1. The molecule has 6 nitrogen and oxygen atoms in total. The third-order valence-electron chi connectivity index (χ3n) is 4.58. The molecule has 1 saturated heterocycles. The maximum atomic E-state index is 12.9. The summed E-state index contributed by atoms with van der Waals surface area (Å²) in [6.07, 6.45) is 1.32. The molecule has 0 N–H and O–H groups in total. The van der Waals surface area contributed by atoms with Crippen LogP contribution in [0.2, 0.25) is 0 Å². The topological polar surface area (TPSA) is 66.9 Å². The van der Waals surface area contributed by atoms with Crippen molar-refractivity contribution in [2.75, 3.05) is 33.3 Å². The summed E-state index contributed by atoms with van der Waals surface area (Å²) in [5, 5.41) is 0. The van der Waals surface area contributed by atoms with Gasteiger partial charge in [0, 0.05) is 32.6 Å². The van der Waals surface area contributed by atoms with Crippen LogP contribution in [0.5, 0.6) is 5.75 Å². The van der Waals surface area contributed by atoms with Gasteiger partial charge in [0.2, 0.25) is 15.9 Å². The van der Waals surface area contributed by atoms with Crippen LogP contribution in [0.15, 0.2) is 17.0 Å². The summed E-state index contributed by atoms with van der Waals surface area (Å²) in [7, 11) is -1.99. The number of hydrogen-bond donors (Lipinski definition) is 0. The molecule has 0 saturated carbocycles. The van der Waals surface area contributed by atoms with Crippen LogP contribution in [0.1, 0.15) is 30.9 Å². The predicted octanol–water partition coefficient (Wildman–Crippen LogP) is 1.95. The van der Waals surface area contributed by atoms with Gasteiger partial charge in [-0.05, 0) is 43.5 Å². The van der Waals surface area contributed by atoms with E-state index in [9.17, 15) is 13.2 Å². The Hall–Kier alpha value is -1.60. The Kier molecular flexibility index (Phi) is 5.87. The second-order valence-electron chi connectivity index (χ2n) is 6.05. The minimum atomic E-state index is -3.56. The highest BCUT2D eigenvalue weighted by Gasteiger charge is 2.31. The number of methoxy groups -OCH3 is 1. The summed E-state index contributed by atoms with van der Waals surface area (Å²) in [5.74, 6) is 0.785. The van der Waals surface area contributed by atoms with Crippen LogP contribution in [0.4, 0.5) is 0 Å². The average Bonchev–Trinajstić information content (AvgIpc) is 2.57. The van der Waals surface area contributed by atoms with E-state index in [0.717, 1.165) is 12.0 Å². The van der Waals surface area contributed by atoms with E-state index in [-0.39, 0.29) is 5.91 Å². The fourth-order valence-electron chi connectivity index (χ4n) is 2.96. The van der Waals surface area contributed by atoms with Crippen molar-refractivity contribution >= 4 is 15.9 Å². The molecule has 1 aliphatic heterocycles. The third-order valence-corrected chi connectivity index (χ3v) is 6.62. The smallest absolute Gasteiger partial charge is 0.243 e. The molecular weight excluding hydrogens is 328 g/mol. The molecule has 0 bridgehead atoms. The SMILES string of the molecule is CCCC(=O)N1CCN(S(=O)(=O)c2ccc(OC)c(C)c2C)CC1. The van der Waals surface area contributed by atoms with Crippen molar-refractivity contribution in [3.63, 3.8) is 0 Å². The van der Waals surface area contributed by atoms with Crippen molar-refractivity contribution < 1.29 is 17.9 Å². The van der Waals surface area contributed by atoms with Crippen LogP contribution in [0, 0.1) is 13.8 Å². The van der Waals surface area contributed by atoms with E-state index in [4.69, 9.17) is 4.74 Å². The van der Waals surface area contributed by atoms with Gasteiger partial charge in [-0.3, -0.25) is 4.79 Å². The lowest BCUT2D eigenvalue weighted by Crippen LogP contribution is -2.50. The molecule has 1 aromatic carbocycles. The average molecular weight is 354 g/mol. The second kappa shape index (κ2) is 7.53. The van der Waals surface area contributed by atoms with Crippen molar-refractivity contribution in [2.45, 2.75) is 38.5 Å². The Bertz CT molecular complexity index is 708. The molecule has 1 aromatic rings. The number of carbonyl (C=O) groups is 1. The van der Waals surface area contributed by atoms with Crippen LogP contribution in [0.25, 0.3) is 0 Å². The molecule has 7 heteroatoms. The fraction of sp³-hybridized carbons (Fsp3) is 0.588. The van der Waals surface area contributed by atoms with Gasteiger partial charge >= 0.3 is 0 Å². The number of piperazine rings is 1. The summed E-state index contributed by atoms with van der Waals surface area (Å²) in [4.78, 5) is 14.0. The summed E-state index contributed by atoms with van der Waals surface area (Å²) in [6.45, 7) is 7.19. The highest BCUT2D eigenvalue weighted by molar-refractivity contribution is 7.89. The van der Waals surface area contributed by atoms with Gasteiger partial charge in [0.1, 0.15) is 5.75 Å². The van der Waals surface area contributed by atoms with Crippen LogP contribution in [0.3, 0.4) is 0 Å². The number of rotatable bonds is 5. The normalized spacial score (nSPS) is 16.2. The standard InChI is InChI=1S/C17H26N2O4S/c1-5-6-17(20)18-9-11-19(12-10-18)24(21,22)16-8-7-15(23-4)13(2)14(16)3/h7-8H,5-6,9-12H2,1-4H3. The predicted molar refractivity (Wildman–Crippen MR) is 92.7 cm³/mol. The Morgan fingerprint density at radius 2 is 1.75 bits per heavy atom. The van der Waals surface area contributed by atoms with Crippen molar-refractivity contribution in [1.29, 1.82) is 0 Å². The minimum absolute atomic E-state index is 0.103. The van der Waals surface area contributed by atoms with Gasteiger partial charge in [0.25, 0.3) is 0 Å². The van der Waals surface area contributed by atoms with Crippen LogP contribution in [-0.2, 0) is 14.8 Å². The Balaban J connectivity index is 2.18. The monoisotopic (exact) mass is 354 g/mol. The van der Waals surface area contributed by atoms with Crippen LogP contribution in [-0.4, -0.2) is 56.8 Å². The fourth-order valence-corrected chi connectivity index (χ4v) is 4.66. The first kappa shape index (κ1) is 18.7. The van der Waals surface area contributed by atoms with Crippen molar-refractivity contribution in [3.8, 4) is 5.75 Å². The summed E-state index contributed by atoms with van der Waals surface area (Å²) in [6, 6.07) is 3.29. The van der Waals surface area contributed by atoms with E-state index < -0.39 is 10.0 Å². The molecule has 1 amide bonds. The maximum Gasteiger partial charge on any atom is 0.243 e. The van der Waals surface area contributed by atoms with Crippen LogP contribution < -0.4 is 4.74 Å². The van der Waals surface area contributed by atoms with Gasteiger partial charge in [-0.25, -0.2) is 8.42 Å². The number of ether oxygens (including phenoxy) is 1. The molecule has 24 heavy (non-hydrogen) atoms. The van der Waals surface area contributed by atoms with Gasteiger partial charge in [0.05, 0.1) is 12.0 Å². The van der Waals surface area contributed by atoms with E-state index in [1.807, 2.05) is 13.8 Å². The van der Waals surface area contributed by atoms with Gasteiger partial charge in [-0.15, -0.1) is 0 Å². The molecular formula is C17H26N2O4S. The molecule has 0 unspecified atom stereocenters. The van der Waals surface area contributed by atoms with Crippen LogP contribution >= 0.6 is 0 Å². The first-order valence-electron chi connectivity index (χ1n) is 8.25. The molecule has 0 aromatic heterocycles. The summed E-state index contributed by atoms with van der Waals surface area (Å²) in [5.41, 5.74) is 1.54. The molecule has 0 aliphatic carbocycles. The highest BCUT2D eigenvalue weighted by atomic mass is 32.2. The zero-order chi connectivity index (χ0) is 17.9. The summed E-state index contributed by atoms with van der Waals surface area (Å²) < 4.78 is 32.6. The quantitative estimate of drug-likeness (QED) is 0.810. The number of sulfonamides is 1.